The average molecular weight is 339 g/mol. The van der Waals surface area contributed by atoms with E-state index in [-0.39, 0.29) is 29.2 Å². The third kappa shape index (κ3) is 3.73. The summed E-state index contributed by atoms with van der Waals surface area (Å²) in [6, 6.07) is 3.90. The molecule has 24 heavy (non-hydrogen) atoms. The molecule has 1 fully saturated rings. The minimum Gasteiger partial charge on any atom is -0.431 e. The molecule has 0 aliphatic heterocycles. The third-order valence-electron chi connectivity index (χ3n) is 3.39. The van der Waals surface area contributed by atoms with E-state index in [0.29, 0.717) is 0 Å². The van der Waals surface area contributed by atoms with Crippen LogP contribution in [0.2, 0.25) is 0 Å². The highest BCUT2D eigenvalue weighted by molar-refractivity contribution is 6.03. The fourth-order valence-corrected chi connectivity index (χ4v) is 1.93. The zero-order valence-corrected chi connectivity index (χ0v) is 12.2. The van der Waals surface area contributed by atoms with E-state index in [4.69, 9.17) is 4.42 Å². The van der Waals surface area contributed by atoms with Crippen LogP contribution < -0.4 is 10.6 Å². The molecule has 2 amide bonds. The molecule has 126 valence electrons. The van der Waals surface area contributed by atoms with Crippen LogP contribution in [0.4, 0.5) is 24.9 Å². The summed E-state index contributed by atoms with van der Waals surface area (Å²) in [5.74, 6) is -0.918. The zero-order valence-electron chi connectivity index (χ0n) is 12.2. The number of benzene rings is 1. The van der Waals surface area contributed by atoms with Crippen LogP contribution in [0, 0.1) is 5.92 Å². The second-order valence-corrected chi connectivity index (χ2v) is 5.33. The third-order valence-corrected chi connectivity index (χ3v) is 3.39. The Balaban J connectivity index is 1.62. The van der Waals surface area contributed by atoms with Crippen LogP contribution in [0.15, 0.2) is 34.9 Å². The molecule has 1 aromatic heterocycles. The molecule has 0 atom stereocenters. The molecule has 1 aromatic carbocycles. The topological polar surface area (TPSA) is 84.2 Å². The predicted molar refractivity (Wildman–Crippen MR) is 77.3 cm³/mol. The van der Waals surface area contributed by atoms with Crippen molar-refractivity contribution in [3.05, 3.63) is 41.8 Å². The largest absolute Gasteiger partial charge is 0.431 e. The van der Waals surface area contributed by atoms with Gasteiger partial charge in [-0.3, -0.25) is 14.9 Å². The lowest BCUT2D eigenvalue weighted by atomic mass is 10.2. The van der Waals surface area contributed by atoms with Crippen LogP contribution in [0.1, 0.15) is 28.9 Å². The Labute approximate surface area is 134 Å². The Morgan fingerprint density at radius 3 is 2.38 bits per heavy atom. The fraction of sp³-hybridized carbons (Fsp3) is 0.267. The zero-order chi connectivity index (χ0) is 17.3. The summed E-state index contributed by atoms with van der Waals surface area (Å²) in [7, 11) is 0. The molecule has 0 unspecified atom stereocenters. The van der Waals surface area contributed by atoms with E-state index in [1.54, 1.807) is 0 Å². The number of alkyl halides is 3. The fourth-order valence-electron chi connectivity index (χ4n) is 1.93. The maximum Gasteiger partial charge on any atom is 0.416 e. The highest BCUT2D eigenvalue weighted by Gasteiger charge is 2.31. The minimum atomic E-state index is -4.44. The standard InChI is InChI=1S/C15H12F3N3O3/c16-15(17,18)9-3-5-10(6-4-9)19-13(23)11-7-24-14(20-11)21-12(22)8-1-2-8/h3-8H,1-2H2,(H,19,23)(H,20,21,22). The van der Waals surface area contributed by atoms with Gasteiger partial charge in [-0.15, -0.1) is 0 Å². The number of nitrogens with zero attached hydrogens (tertiary/aromatic N) is 1. The Morgan fingerprint density at radius 2 is 1.79 bits per heavy atom. The van der Waals surface area contributed by atoms with Gasteiger partial charge in [0.1, 0.15) is 6.26 Å². The van der Waals surface area contributed by atoms with Crippen molar-refractivity contribution in [2.45, 2.75) is 19.0 Å². The Morgan fingerprint density at radius 1 is 1.12 bits per heavy atom. The summed E-state index contributed by atoms with van der Waals surface area (Å²) in [6.45, 7) is 0. The summed E-state index contributed by atoms with van der Waals surface area (Å²) in [4.78, 5) is 27.3. The first-order valence-electron chi connectivity index (χ1n) is 7.08. The molecule has 9 heteroatoms. The van der Waals surface area contributed by atoms with Crippen molar-refractivity contribution in [1.29, 1.82) is 0 Å². The van der Waals surface area contributed by atoms with Crippen molar-refractivity contribution in [1.82, 2.24) is 4.98 Å². The van der Waals surface area contributed by atoms with E-state index in [9.17, 15) is 22.8 Å². The molecule has 3 rings (SSSR count). The van der Waals surface area contributed by atoms with Crippen LogP contribution in [0.25, 0.3) is 0 Å². The number of halogens is 3. The first-order chi connectivity index (χ1) is 11.3. The van der Waals surface area contributed by atoms with Crippen LogP contribution in [-0.4, -0.2) is 16.8 Å². The van der Waals surface area contributed by atoms with E-state index in [0.717, 1.165) is 43.4 Å². The molecule has 2 aromatic rings. The first kappa shape index (κ1) is 16.0. The van der Waals surface area contributed by atoms with Crippen molar-refractivity contribution < 1.29 is 27.2 Å². The van der Waals surface area contributed by atoms with E-state index in [2.05, 4.69) is 15.6 Å². The molecule has 1 saturated carbocycles. The smallest absolute Gasteiger partial charge is 0.416 e. The molecule has 2 N–H and O–H groups in total. The van der Waals surface area contributed by atoms with Gasteiger partial charge in [0.05, 0.1) is 5.56 Å². The molecule has 1 heterocycles. The van der Waals surface area contributed by atoms with Gasteiger partial charge in [0, 0.05) is 11.6 Å². The van der Waals surface area contributed by atoms with Crippen molar-refractivity contribution >= 4 is 23.5 Å². The predicted octanol–water partition coefficient (Wildman–Crippen LogP) is 3.29. The Kier molecular flexibility index (Phi) is 4.00. The van der Waals surface area contributed by atoms with E-state index >= 15 is 0 Å². The van der Waals surface area contributed by atoms with Gasteiger partial charge in [-0.25, -0.2) is 0 Å². The van der Waals surface area contributed by atoms with Gasteiger partial charge in [-0.1, -0.05) is 0 Å². The monoisotopic (exact) mass is 339 g/mol. The quantitative estimate of drug-likeness (QED) is 0.895. The second kappa shape index (κ2) is 5.99. The van der Waals surface area contributed by atoms with Crippen molar-refractivity contribution in [2.75, 3.05) is 10.6 Å². The summed E-state index contributed by atoms with van der Waals surface area (Å²) in [6.07, 6.45) is -1.76. The molecule has 1 aliphatic carbocycles. The number of rotatable bonds is 4. The number of carbonyl (C=O) groups excluding carboxylic acids is 2. The Bertz CT molecular complexity index is 764. The lowest BCUT2D eigenvalue weighted by Gasteiger charge is -2.07. The minimum absolute atomic E-state index is 0.0404. The lowest BCUT2D eigenvalue weighted by Crippen LogP contribution is -2.15. The number of anilines is 2. The molecule has 0 bridgehead atoms. The van der Waals surface area contributed by atoms with Gasteiger partial charge in [0.15, 0.2) is 5.69 Å². The molecule has 0 radical (unpaired) electrons. The maximum absolute atomic E-state index is 12.5. The van der Waals surface area contributed by atoms with Gasteiger partial charge in [0.25, 0.3) is 5.91 Å². The summed E-state index contributed by atoms with van der Waals surface area (Å²) in [5, 5.41) is 4.84. The number of oxazole rings is 1. The number of amides is 2. The number of nitrogens with one attached hydrogen (secondary N) is 2. The summed E-state index contributed by atoms with van der Waals surface area (Å²) >= 11 is 0. The van der Waals surface area contributed by atoms with Gasteiger partial charge in [0.2, 0.25) is 5.91 Å². The molecule has 1 aliphatic rings. The molecule has 0 spiro atoms. The molecule has 6 nitrogen and oxygen atoms in total. The molecular weight excluding hydrogens is 327 g/mol. The van der Waals surface area contributed by atoms with E-state index < -0.39 is 17.6 Å². The summed E-state index contributed by atoms with van der Waals surface area (Å²) < 4.78 is 42.4. The van der Waals surface area contributed by atoms with Crippen molar-refractivity contribution in [2.24, 2.45) is 5.92 Å². The lowest BCUT2D eigenvalue weighted by molar-refractivity contribution is -0.137. The highest BCUT2D eigenvalue weighted by Crippen LogP contribution is 2.30. The Hall–Kier alpha value is -2.84. The van der Waals surface area contributed by atoms with Crippen LogP contribution >= 0.6 is 0 Å². The number of hydrogen-bond acceptors (Lipinski definition) is 4. The van der Waals surface area contributed by atoms with E-state index in [1.165, 1.54) is 0 Å². The highest BCUT2D eigenvalue weighted by atomic mass is 19.4. The molecule has 0 saturated heterocycles. The maximum atomic E-state index is 12.5. The van der Waals surface area contributed by atoms with Crippen molar-refractivity contribution in [3.63, 3.8) is 0 Å². The van der Waals surface area contributed by atoms with E-state index in [1.807, 2.05) is 0 Å². The van der Waals surface area contributed by atoms with Gasteiger partial charge in [-0.2, -0.15) is 18.2 Å². The van der Waals surface area contributed by atoms with Gasteiger partial charge < -0.3 is 9.73 Å². The van der Waals surface area contributed by atoms with Crippen LogP contribution in [0.5, 0.6) is 0 Å². The average Bonchev–Trinajstić information content (AvgIpc) is 3.27. The number of carbonyl (C=O) groups is 2. The first-order valence-corrected chi connectivity index (χ1v) is 7.08. The normalized spacial score (nSPS) is 14.3. The van der Waals surface area contributed by atoms with Gasteiger partial charge in [-0.05, 0) is 37.1 Å². The summed E-state index contributed by atoms with van der Waals surface area (Å²) in [5.41, 5.74) is -0.729. The second-order valence-electron chi connectivity index (χ2n) is 5.33. The van der Waals surface area contributed by atoms with Crippen LogP contribution in [-0.2, 0) is 11.0 Å². The number of aromatic nitrogens is 1. The van der Waals surface area contributed by atoms with Crippen molar-refractivity contribution in [3.8, 4) is 0 Å². The van der Waals surface area contributed by atoms with Gasteiger partial charge >= 0.3 is 12.2 Å². The van der Waals surface area contributed by atoms with Crippen LogP contribution in [0.3, 0.4) is 0 Å². The molecular formula is C15H12F3N3O3. The SMILES string of the molecule is O=C(Nc1ccc(C(F)(F)F)cc1)c1coc(NC(=O)C2CC2)n1. The number of hydrogen-bond donors (Lipinski definition) is 2.